The van der Waals surface area contributed by atoms with Gasteiger partial charge in [-0.1, -0.05) is 54.1 Å². The molecule has 8 heteroatoms. The first-order valence-corrected chi connectivity index (χ1v) is 12.8. The minimum atomic E-state index is -0.317. The SMILES string of the molecule is CCOc1cc(/C=C2\SC(=O)N(Cc3ccc(Cl)cc3)C2=O)cc(I)c1OCc1ccccc1. The van der Waals surface area contributed by atoms with Crippen molar-refractivity contribution in [1.82, 2.24) is 4.90 Å². The molecule has 0 spiro atoms. The monoisotopic (exact) mass is 605 g/mol. The molecule has 2 amide bonds. The summed E-state index contributed by atoms with van der Waals surface area (Å²) < 4.78 is 12.7. The number of carbonyl (C=O) groups excluding carboxylic acids is 2. The Kier molecular flexibility index (Phi) is 8.18. The summed E-state index contributed by atoms with van der Waals surface area (Å²) in [7, 11) is 0. The van der Waals surface area contributed by atoms with Gasteiger partial charge in [0.1, 0.15) is 6.61 Å². The Bertz CT molecular complexity index is 1230. The molecule has 1 aliphatic rings. The fourth-order valence-electron chi connectivity index (χ4n) is 3.36. The highest BCUT2D eigenvalue weighted by Crippen LogP contribution is 2.38. The third kappa shape index (κ3) is 5.95. The highest BCUT2D eigenvalue weighted by molar-refractivity contribution is 14.1. The molecule has 0 aromatic heterocycles. The minimum absolute atomic E-state index is 0.202. The maximum atomic E-state index is 12.9. The van der Waals surface area contributed by atoms with E-state index in [9.17, 15) is 9.59 Å². The zero-order chi connectivity index (χ0) is 24.1. The van der Waals surface area contributed by atoms with Crippen molar-refractivity contribution in [3.05, 3.63) is 96.9 Å². The van der Waals surface area contributed by atoms with Gasteiger partial charge in [0.05, 0.1) is 21.6 Å². The molecule has 0 aliphatic carbocycles. The fraction of sp³-hybridized carbons (Fsp3) is 0.154. The minimum Gasteiger partial charge on any atom is -0.490 e. The number of thioether (sulfide) groups is 1. The standard InChI is InChI=1S/C26H21ClINO4S/c1-2-32-22-13-19(12-21(28)24(22)33-16-18-6-4-3-5-7-18)14-23-25(30)29(26(31)34-23)15-17-8-10-20(27)11-9-17/h3-14H,2,15-16H2,1H3/b23-14-. The average molecular weight is 606 g/mol. The number of rotatable bonds is 8. The van der Waals surface area contributed by atoms with E-state index in [0.717, 1.165) is 32.0 Å². The van der Waals surface area contributed by atoms with Gasteiger partial charge in [0.15, 0.2) is 11.5 Å². The van der Waals surface area contributed by atoms with Crippen LogP contribution >= 0.6 is 46.0 Å². The second-order valence-electron chi connectivity index (χ2n) is 7.43. The van der Waals surface area contributed by atoms with Crippen LogP contribution in [0.3, 0.4) is 0 Å². The van der Waals surface area contributed by atoms with Gasteiger partial charge in [-0.2, -0.15) is 0 Å². The quantitative estimate of drug-likeness (QED) is 0.202. The van der Waals surface area contributed by atoms with Crippen LogP contribution in [0.5, 0.6) is 11.5 Å². The smallest absolute Gasteiger partial charge is 0.293 e. The number of halogens is 2. The van der Waals surface area contributed by atoms with E-state index in [2.05, 4.69) is 22.6 Å². The van der Waals surface area contributed by atoms with Crippen molar-refractivity contribution >= 4 is 63.2 Å². The van der Waals surface area contributed by atoms with Crippen LogP contribution in [-0.2, 0) is 17.9 Å². The molecule has 3 aromatic rings. The molecule has 0 N–H and O–H groups in total. The van der Waals surface area contributed by atoms with Crippen LogP contribution in [0.1, 0.15) is 23.6 Å². The summed E-state index contributed by atoms with van der Waals surface area (Å²) in [4.78, 5) is 27.1. The van der Waals surface area contributed by atoms with Crippen LogP contribution in [-0.4, -0.2) is 22.7 Å². The fourth-order valence-corrected chi connectivity index (χ4v) is 5.11. The van der Waals surface area contributed by atoms with Crippen LogP contribution in [0.4, 0.5) is 4.79 Å². The van der Waals surface area contributed by atoms with Crippen LogP contribution in [0.15, 0.2) is 71.6 Å². The maximum absolute atomic E-state index is 12.9. The molecule has 0 unspecified atom stereocenters. The van der Waals surface area contributed by atoms with Crippen molar-refractivity contribution in [2.24, 2.45) is 0 Å². The third-order valence-electron chi connectivity index (χ3n) is 4.98. The van der Waals surface area contributed by atoms with E-state index >= 15 is 0 Å². The molecule has 3 aromatic carbocycles. The van der Waals surface area contributed by atoms with Gasteiger partial charge in [0.25, 0.3) is 11.1 Å². The molecule has 0 saturated carbocycles. The largest absolute Gasteiger partial charge is 0.490 e. The van der Waals surface area contributed by atoms with Crippen molar-refractivity contribution < 1.29 is 19.1 Å². The molecule has 0 atom stereocenters. The van der Waals surface area contributed by atoms with Crippen molar-refractivity contribution in [2.45, 2.75) is 20.1 Å². The number of imide groups is 1. The van der Waals surface area contributed by atoms with Crippen LogP contribution < -0.4 is 9.47 Å². The average Bonchev–Trinajstić information content (AvgIpc) is 3.08. The first-order chi connectivity index (χ1) is 16.4. The van der Waals surface area contributed by atoms with Gasteiger partial charge >= 0.3 is 0 Å². The Labute approximate surface area is 221 Å². The van der Waals surface area contributed by atoms with E-state index in [0.29, 0.717) is 34.6 Å². The maximum Gasteiger partial charge on any atom is 0.293 e. The Balaban J connectivity index is 1.55. The predicted molar refractivity (Wildman–Crippen MR) is 144 cm³/mol. The number of hydrogen-bond donors (Lipinski definition) is 0. The van der Waals surface area contributed by atoms with Crippen LogP contribution in [0, 0.1) is 3.57 Å². The lowest BCUT2D eigenvalue weighted by molar-refractivity contribution is -0.123. The summed E-state index contributed by atoms with van der Waals surface area (Å²) in [6.45, 7) is 2.99. The molecule has 1 aliphatic heterocycles. The first-order valence-electron chi connectivity index (χ1n) is 10.6. The van der Waals surface area contributed by atoms with Gasteiger partial charge in [0, 0.05) is 5.02 Å². The molecule has 1 fully saturated rings. The summed E-state index contributed by atoms with van der Waals surface area (Å²) in [5.74, 6) is 0.929. The van der Waals surface area contributed by atoms with Gasteiger partial charge in [-0.15, -0.1) is 0 Å². The lowest BCUT2D eigenvalue weighted by atomic mass is 10.1. The Hall–Kier alpha value is -2.49. The van der Waals surface area contributed by atoms with Crippen molar-refractivity contribution in [1.29, 1.82) is 0 Å². The second-order valence-corrected chi connectivity index (χ2v) is 10.0. The van der Waals surface area contributed by atoms with Crippen LogP contribution in [0.2, 0.25) is 5.02 Å². The molecule has 1 heterocycles. The van der Waals surface area contributed by atoms with Gasteiger partial charge in [0.2, 0.25) is 0 Å². The number of benzene rings is 3. The van der Waals surface area contributed by atoms with Crippen molar-refractivity contribution in [2.75, 3.05) is 6.61 Å². The molecular formula is C26H21ClINO4S. The van der Waals surface area contributed by atoms with Crippen LogP contribution in [0.25, 0.3) is 6.08 Å². The lowest BCUT2D eigenvalue weighted by Crippen LogP contribution is -2.27. The summed E-state index contributed by atoms with van der Waals surface area (Å²) in [6.07, 6.45) is 1.72. The number of nitrogens with zero attached hydrogens (tertiary/aromatic N) is 1. The summed E-state index contributed by atoms with van der Waals surface area (Å²) in [6, 6.07) is 20.7. The molecule has 174 valence electrons. The number of amides is 2. The molecule has 34 heavy (non-hydrogen) atoms. The Morgan fingerprint density at radius 2 is 1.74 bits per heavy atom. The number of ether oxygens (including phenoxy) is 2. The van der Waals surface area contributed by atoms with Crippen molar-refractivity contribution in [3.63, 3.8) is 0 Å². The highest BCUT2D eigenvalue weighted by atomic mass is 127. The lowest BCUT2D eigenvalue weighted by Gasteiger charge is -2.15. The van der Waals surface area contributed by atoms with E-state index in [-0.39, 0.29) is 17.7 Å². The van der Waals surface area contributed by atoms with Gasteiger partial charge in [-0.25, -0.2) is 0 Å². The Morgan fingerprint density at radius 1 is 1.00 bits per heavy atom. The van der Waals surface area contributed by atoms with Gasteiger partial charge in [-0.05, 0) is 88.3 Å². The van der Waals surface area contributed by atoms with E-state index < -0.39 is 0 Å². The highest BCUT2D eigenvalue weighted by Gasteiger charge is 2.35. The van der Waals surface area contributed by atoms with E-state index in [1.165, 1.54) is 4.90 Å². The normalized spacial score (nSPS) is 14.7. The zero-order valence-corrected chi connectivity index (χ0v) is 22.0. The molecule has 4 rings (SSSR count). The Morgan fingerprint density at radius 3 is 2.44 bits per heavy atom. The van der Waals surface area contributed by atoms with Gasteiger partial charge in [-0.3, -0.25) is 14.5 Å². The number of hydrogen-bond acceptors (Lipinski definition) is 5. The van der Waals surface area contributed by atoms with E-state index in [4.69, 9.17) is 21.1 Å². The molecule has 5 nitrogen and oxygen atoms in total. The zero-order valence-electron chi connectivity index (χ0n) is 18.3. The topological polar surface area (TPSA) is 55.8 Å². The predicted octanol–water partition coefficient (Wildman–Crippen LogP) is 7.16. The number of carbonyl (C=O) groups is 2. The first kappa shape index (κ1) is 24.6. The molecule has 1 saturated heterocycles. The van der Waals surface area contributed by atoms with Gasteiger partial charge < -0.3 is 9.47 Å². The van der Waals surface area contributed by atoms with E-state index in [1.807, 2.05) is 49.4 Å². The third-order valence-corrected chi connectivity index (χ3v) is 6.94. The van der Waals surface area contributed by atoms with E-state index in [1.54, 1.807) is 30.3 Å². The molecular weight excluding hydrogens is 585 g/mol. The summed E-state index contributed by atoms with van der Waals surface area (Å²) in [5, 5.41) is 0.308. The molecule has 0 radical (unpaired) electrons. The summed E-state index contributed by atoms with van der Waals surface area (Å²) >= 11 is 9.06. The molecule has 0 bridgehead atoms. The van der Waals surface area contributed by atoms with Crippen molar-refractivity contribution in [3.8, 4) is 11.5 Å². The second kappa shape index (κ2) is 11.3. The summed E-state index contributed by atoms with van der Waals surface area (Å²) in [5.41, 5.74) is 2.65.